The lowest BCUT2D eigenvalue weighted by Gasteiger charge is -2.09. The summed E-state index contributed by atoms with van der Waals surface area (Å²) >= 11 is 1.42. The first-order valence-electron chi connectivity index (χ1n) is 7.44. The molecule has 6 nitrogen and oxygen atoms in total. The number of benzene rings is 1. The minimum absolute atomic E-state index is 0.0354. The Labute approximate surface area is 145 Å². The van der Waals surface area contributed by atoms with Gasteiger partial charge in [0.1, 0.15) is 10.8 Å². The van der Waals surface area contributed by atoms with Crippen LogP contribution in [0, 0.1) is 0 Å². The Morgan fingerprint density at radius 1 is 1.21 bits per heavy atom. The number of nitrogens with zero attached hydrogens (tertiary/aromatic N) is 1. The van der Waals surface area contributed by atoms with E-state index >= 15 is 0 Å². The zero-order chi connectivity index (χ0) is 17.4. The fourth-order valence-corrected chi connectivity index (χ4v) is 2.50. The molecule has 0 aliphatic heterocycles. The number of rotatable bonds is 7. The number of nitrogens with one attached hydrogen (secondary N) is 2. The molecular weight excluding hydrogens is 326 g/mol. The van der Waals surface area contributed by atoms with Gasteiger partial charge in [0, 0.05) is 18.4 Å². The van der Waals surface area contributed by atoms with E-state index in [1.165, 1.54) is 11.8 Å². The van der Waals surface area contributed by atoms with Gasteiger partial charge < -0.3 is 15.4 Å². The Balaban J connectivity index is 1.96. The largest absolute Gasteiger partial charge is 0.484 e. The van der Waals surface area contributed by atoms with Gasteiger partial charge in [0.05, 0.1) is 5.56 Å². The zero-order valence-electron chi connectivity index (χ0n) is 13.5. The molecule has 0 spiro atoms. The molecular formula is C17H19N3O3S. The van der Waals surface area contributed by atoms with Crippen LogP contribution in [0.4, 0.5) is 5.69 Å². The molecule has 0 fully saturated rings. The molecule has 0 aliphatic carbocycles. The normalized spacial score (nSPS) is 10.1. The lowest BCUT2D eigenvalue weighted by molar-refractivity contribution is -0.122. The number of aromatic nitrogens is 1. The van der Waals surface area contributed by atoms with Crippen molar-refractivity contribution in [2.75, 3.05) is 24.7 Å². The topological polar surface area (TPSA) is 80.3 Å². The van der Waals surface area contributed by atoms with Crippen molar-refractivity contribution in [3.05, 3.63) is 48.2 Å². The molecule has 1 heterocycles. The summed E-state index contributed by atoms with van der Waals surface area (Å²) in [5.41, 5.74) is 1.17. The van der Waals surface area contributed by atoms with Crippen molar-refractivity contribution in [1.82, 2.24) is 10.3 Å². The number of hydrogen-bond donors (Lipinski definition) is 2. The van der Waals surface area contributed by atoms with Crippen molar-refractivity contribution in [2.45, 2.75) is 11.9 Å². The first-order valence-corrected chi connectivity index (χ1v) is 8.66. The van der Waals surface area contributed by atoms with Gasteiger partial charge in [-0.3, -0.25) is 9.59 Å². The number of pyridine rings is 1. The van der Waals surface area contributed by atoms with Gasteiger partial charge in [0.25, 0.3) is 11.8 Å². The van der Waals surface area contributed by atoms with Gasteiger partial charge in [-0.2, -0.15) is 0 Å². The Hall–Kier alpha value is -2.54. The number of carbonyl (C=O) groups is 2. The number of anilines is 1. The van der Waals surface area contributed by atoms with Crippen LogP contribution in [0.3, 0.4) is 0 Å². The SMILES string of the molecule is CCNC(=O)COc1ccc(NC(=O)c2cccnc2SC)cc1. The van der Waals surface area contributed by atoms with Gasteiger partial charge >= 0.3 is 0 Å². The standard InChI is InChI=1S/C17H19N3O3S/c1-3-18-15(21)11-23-13-8-6-12(7-9-13)20-16(22)14-5-4-10-19-17(14)24-2/h4-10H,3,11H2,1-2H3,(H,18,21)(H,20,22). The van der Waals surface area contributed by atoms with Crippen LogP contribution in [0.25, 0.3) is 0 Å². The number of thioether (sulfide) groups is 1. The maximum Gasteiger partial charge on any atom is 0.258 e. The van der Waals surface area contributed by atoms with Gasteiger partial charge in [0.15, 0.2) is 6.61 Å². The zero-order valence-corrected chi connectivity index (χ0v) is 14.4. The van der Waals surface area contributed by atoms with E-state index in [-0.39, 0.29) is 18.4 Å². The van der Waals surface area contributed by atoms with Crippen LogP contribution >= 0.6 is 11.8 Å². The minimum atomic E-state index is -0.219. The second-order valence-electron chi connectivity index (χ2n) is 4.78. The Morgan fingerprint density at radius 2 is 1.96 bits per heavy atom. The molecule has 0 aliphatic rings. The number of carbonyl (C=O) groups excluding carboxylic acids is 2. The summed E-state index contributed by atoms with van der Waals surface area (Å²) < 4.78 is 5.36. The minimum Gasteiger partial charge on any atom is -0.484 e. The average molecular weight is 345 g/mol. The average Bonchev–Trinajstić information content (AvgIpc) is 2.61. The molecule has 0 saturated carbocycles. The van der Waals surface area contributed by atoms with Crippen LogP contribution in [0.1, 0.15) is 17.3 Å². The van der Waals surface area contributed by atoms with E-state index in [2.05, 4.69) is 15.6 Å². The summed E-state index contributed by atoms with van der Waals surface area (Å²) in [7, 11) is 0. The predicted octanol–water partition coefficient (Wildman–Crippen LogP) is 2.57. The van der Waals surface area contributed by atoms with Crippen LogP contribution in [0.5, 0.6) is 5.75 Å². The van der Waals surface area contributed by atoms with Crippen molar-refractivity contribution in [2.24, 2.45) is 0 Å². The molecule has 7 heteroatoms. The fourth-order valence-electron chi connectivity index (χ4n) is 1.96. The van der Waals surface area contributed by atoms with Crippen molar-refractivity contribution in [3.63, 3.8) is 0 Å². The maximum atomic E-state index is 12.3. The highest BCUT2D eigenvalue weighted by atomic mass is 32.2. The fraction of sp³-hybridized carbons (Fsp3) is 0.235. The maximum absolute atomic E-state index is 12.3. The van der Waals surface area contributed by atoms with Crippen molar-refractivity contribution in [1.29, 1.82) is 0 Å². The van der Waals surface area contributed by atoms with Crippen LogP contribution < -0.4 is 15.4 Å². The molecule has 0 unspecified atom stereocenters. The van der Waals surface area contributed by atoms with Gasteiger partial charge in [-0.05, 0) is 49.6 Å². The van der Waals surface area contributed by atoms with Crippen LogP contribution in [0.15, 0.2) is 47.6 Å². The summed E-state index contributed by atoms with van der Waals surface area (Å²) in [6.07, 6.45) is 3.53. The molecule has 0 saturated heterocycles. The smallest absolute Gasteiger partial charge is 0.258 e. The summed E-state index contributed by atoms with van der Waals surface area (Å²) in [6.45, 7) is 2.38. The van der Waals surface area contributed by atoms with Crippen molar-refractivity contribution < 1.29 is 14.3 Å². The summed E-state index contributed by atoms with van der Waals surface area (Å²) in [5.74, 6) is 0.171. The first kappa shape index (κ1) is 17.8. The molecule has 1 aromatic heterocycles. The number of amides is 2. The van der Waals surface area contributed by atoms with E-state index in [1.807, 2.05) is 13.2 Å². The van der Waals surface area contributed by atoms with Crippen LogP contribution in [0.2, 0.25) is 0 Å². The first-order chi connectivity index (χ1) is 11.6. The van der Waals surface area contributed by atoms with Gasteiger partial charge in [-0.25, -0.2) is 4.98 Å². The highest BCUT2D eigenvalue weighted by Crippen LogP contribution is 2.20. The summed E-state index contributed by atoms with van der Waals surface area (Å²) in [6, 6.07) is 10.3. The number of likely N-dealkylation sites (N-methyl/N-ethyl adjacent to an activating group) is 1. The van der Waals surface area contributed by atoms with Crippen LogP contribution in [-0.2, 0) is 4.79 Å². The van der Waals surface area contributed by atoms with Crippen LogP contribution in [-0.4, -0.2) is 36.2 Å². The monoisotopic (exact) mass is 345 g/mol. The number of ether oxygens (including phenoxy) is 1. The molecule has 2 amide bonds. The van der Waals surface area contributed by atoms with E-state index in [4.69, 9.17) is 4.74 Å². The molecule has 1 aromatic carbocycles. The highest BCUT2D eigenvalue weighted by molar-refractivity contribution is 7.98. The summed E-state index contributed by atoms with van der Waals surface area (Å²) in [4.78, 5) is 27.8. The van der Waals surface area contributed by atoms with Crippen molar-refractivity contribution >= 4 is 29.3 Å². The van der Waals surface area contributed by atoms with E-state index in [0.717, 1.165) is 0 Å². The quantitative estimate of drug-likeness (QED) is 0.754. The Kier molecular flexibility index (Phi) is 6.62. The molecule has 2 rings (SSSR count). The van der Waals surface area contributed by atoms with E-state index in [0.29, 0.717) is 28.6 Å². The second kappa shape index (κ2) is 8.93. The van der Waals surface area contributed by atoms with E-state index in [1.54, 1.807) is 42.6 Å². The molecule has 24 heavy (non-hydrogen) atoms. The molecule has 2 aromatic rings. The molecule has 0 radical (unpaired) electrons. The second-order valence-corrected chi connectivity index (χ2v) is 5.58. The lowest BCUT2D eigenvalue weighted by atomic mass is 10.2. The third kappa shape index (κ3) is 4.99. The van der Waals surface area contributed by atoms with Gasteiger partial charge in [-0.1, -0.05) is 0 Å². The van der Waals surface area contributed by atoms with E-state index < -0.39 is 0 Å². The Morgan fingerprint density at radius 3 is 2.62 bits per heavy atom. The molecule has 0 bridgehead atoms. The van der Waals surface area contributed by atoms with E-state index in [9.17, 15) is 9.59 Å². The Bertz CT molecular complexity index is 704. The third-order valence-electron chi connectivity index (χ3n) is 3.07. The molecule has 0 atom stereocenters. The molecule has 2 N–H and O–H groups in total. The van der Waals surface area contributed by atoms with Gasteiger partial charge in [-0.15, -0.1) is 11.8 Å². The lowest BCUT2D eigenvalue weighted by Crippen LogP contribution is -2.28. The predicted molar refractivity (Wildman–Crippen MR) is 94.6 cm³/mol. The van der Waals surface area contributed by atoms with Crippen molar-refractivity contribution in [3.8, 4) is 5.75 Å². The summed E-state index contributed by atoms with van der Waals surface area (Å²) in [5, 5.41) is 6.15. The van der Waals surface area contributed by atoms with Gasteiger partial charge in [0.2, 0.25) is 0 Å². The third-order valence-corrected chi connectivity index (χ3v) is 3.78. The molecule has 126 valence electrons. The highest BCUT2D eigenvalue weighted by Gasteiger charge is 2.11. The number of hydrogen-bond acceptors (Lipinski definition) is 5.